The SMILES string of the molecule is CC1=CC(C)(C)C=C(C)S1. The summed E-state index contributed by atoms with van der Waals surface area (Å²) in [6.45, 7) is 8.81. The molecule has 1 aliphatic heterocycles. The van der Waals surface area contributed by atoms with Crippen molar-refractivity contribution in [2.45, 2.75) is 27.7 Å². The molecule has 1 aliphatic rings. The van der Waals surface area contributed by atoms with Gasteiger partial charge in [0.15, 0.2) is 0 Å². The summed E-state index contributed by atoms with van der Waals surface area (Å²) >= 11 is 1.87. The Labute approximate surface area is 67.4 Å². The first kappa shape index (κ1) is 7.93. The average molecular weight is 154 g/mol. The first-order valence-corrected chi connectivity index (χ1v) is 4.38. The van der Waals surface area contributed by atoms with Crippen molar-refractivity contribution in [3.8, 4) is 0 Å². The Kier molecular flexibility index (Phi) is 1.95. The van der Waals surface area contributed by atoms with Crippen molar-refractivity contribution in [1.29, 1.82) is 0 Å². The van der Waals surface area contributed by atoms with E-state index in [-0.39, 0.29) is 5.41 Å². The van der Waals surface area contributed by atoms with Gasteiger partial charge in [-0.05, 0) is 23.7 Å². The Morgan fingerprint density at radius 3 is 1.80 bits per heavy atom. The molecule has 0 bridgehead atoms. The Bertz CT molecular complexity index is 177. The largest absolute Gasteiger partial charge is 0.100 e. The van der Waals surface area contributed by atoms with Crippen LogP contribution in [0.2, 0.25) is 0 Å². The van der Waals surface area contributed by atoms with Crippen LogP contribution in [-0.2, 0) is 0 Å². The lowest BCUT2D eigenvalue weighted by Gasteiger charge is -2.22. The molecular formula is C9H14S. The minimum atomic E-state index is 0.277. The quantitative estimate of drug-likeness (QED) is 0.514. The molecule has 0 saturated heterocycles. The van der Waals surface area contributed by atoms with Crippen molar-refractivity contribution in [2.75, 3.05) is 0 Å². The van der Waals surface area contributed by atoms with Crippen LogP contribution in [0, 0.1) is 5.41 Å². The third-order valence-corrected chi connectivity index (χ3v) is 2.35. The number of thioether (sulfide) groups is 1. The fourth-order valence-electron chi connectivity index (χ4n) is 1.40. The number of allylic oxidation sites excluding steroid dienone is 4. The summed E-state index contributed by atoms with van der Waals surface area (Å²) < 4.78 is 0. The molecule has 1 heterocycles. The summed E-state index contributed by atoms with van der Waals surface area (Å²) in [5, 5.41) is 0. The van der Waals surface area contributed by atoms with E-state index in [0.717, 1.165) is 0 Å². The highest BCUT2D eigenvalue weighted by atomic mass is 32.2. The maximum atomic E-state index is 2.31. The van der Waals surface area contributed by atoms with Gasteiger partial charge >= 0.3 is 0 Å². The number of hydrogen-bond acceptors (Lipinski definition) is 1. The Hall–Kier alpha value is -0.170. The maximum Gasteiger partial charge on any atom is 0.00262 e. The van der Waals surface area contributed by atoms with Gasteiger partial charge in [0.25, 0.3) is 0 Å². The van der Waals surface area contributed by atoms with Gasteiger partial charge in [-0.1, -0.05) is 26.0 Å². The first-order valence-electron chi connectivity index (χ1n) is 3.56. The summed E-state index contributed by atoms with van der Waals surface area (Å²) in [6.07, 6.45) is 4.62. The Morgan fingerprint density at radius 1 is 1.10 bits per heavy atom. The molecule has 0 atom stereocenters. The van der Waals surface area contributed by atoms with Crippen molar-refractivity contribution in [1.82, 2.24) is 0 Å². The van der Waals surface area contributed by atoms with Gasteiger partial charge in [-0.25, -0.2) is 0 Å². The molecule has 0 aromatic carbocycles. The van der Waals surface area contributed by atoms with E-state index in [9.17, 15) is 0 Å². The standard InChI is InChI=1S/C9H14S/c1-7-5-9(3,4)6-8(2)10-7/h5-6H,1-4H3. The minimum Gasteiger partial charge on any atom is -0.100 e. The second kappa shape index (κ2) is 2.46. The van der Waals surface area contributed by atoms with Crippen LogP contribution in [0.15, 0.2) is 22.0 Å². The fourth-order valence-corrected chi connectivity index (χ4v) is 2.64. The molecule has 10 heavy (non-hydrogen) atoms. The highest BCUT2D eigenvalue weighted by Crippen LogP contribution is 2.37. The van der Waals surface area contributed by atoms with Crippen molar-refractivity contribution in [3.63, 3.8) is 0 Å². The van der Waals surface area contributed by atoms with Gasteiger partial charge in [-0.3, -0.25) is 0 Å². The van der Waals surface area contributed by atoms with Gasteiger partial charge in [-0.2, -0.15) is 0 Å². The molecule has 1 heteroatoms. The Balaban J connectivity index is 2.88. The zero-order valence-corrected chi connectivity index (χ0v) is 7.88. The zero-order chi connectivity index (χ0) is 7.78. The molecule has 56 valence electrons. The van der Waals surface area contributed by atoms with Crippen LogP contribution in [0.25, 0.3) is 0 Å². The molecule has 0 N–H and O–H groups in total. The highest BCUT2D eigenvalue weighted by Gasteiger charge is 2.16. The van der Waals surface area contributed by atoms with Crippen molar-refractivity contribution in [2.24, 2.45) is 5.41 Å². The van der Waals surface area contributed by atoms with Crippen molar-refractivity contribution < 1.29 is 0 Å². The first-order chi connectivity index (χ1) is 4.49. The lowest BCUT2D eigenvalue weighted by Crippen LogP contribution is -2.06. The van der Waals surface area contributed by atoms with Gasteiger partial charge in [0.1, 0.15) is 0 Å². The molecule has 0 aromatic heterocycles. The van der Waals surface area contributed by atoms with E-state index in [2.05, 4.69) is 39.8 Å². The lowest BCUT2D eigenvalue weighted by atomic mass is 9.92. The lowest BCUT2D eigenvalue weighted by molar-refractivity contribution is 0.620. The molecule has 0 saturated carbocycles. The van der Waals surface area contributed by atoms with E-state index in [1.807, 2.05) is 11.8 Å². The molecule has 0 unspecified atom stereocenters. The fraction of sp³-hybridized carbons (Fsp3) is 0.556. The molecule has 0 nitrogen and oxygen atoms in total. The van der Waals surface area contributed by atoms with E-state index < -0.39 is 0 Å². The molecule has 0 fully saturated rings. The number of rotatable bonds is 0. The number of hydrogen-bond donors (Lipinski definition) is 0. The minimum absolute atomic E-state index is 0.277. The van der Waals surface area contributed by atoms with Gasteiger partial charge in [0.2, 0.25) is 0 Å². The zero-order valence-electron chi connectivity index (χ0n) is 7.06. The van der Waals surface area contributed by atoms with E-state index in [1.54, 1.807) is 0 Å². The molecule has 0 aliphatic carbocycles. The van der Waals surface area contributed by atoms with Gasteiger partial charge in [-0.15, -0.1) is 11.8 Å². The summed E-state index contributed by atoms with van der Waals surface area (Å²) in [6, 6.07) is 0. The van der Waals surface area contributed by atoms with Crippen LogP contribution in [-0.4, -0.2) is 0 Å². The summed E-state index contributed by atoms with van der Waals surface area (Å²) in [4.78, 5) is 2.84. The molecule has 1 rings (SSSR count). The van der Waals surface area contributed by atoms with Crippen LogP contribution in [0.4, 0.5) is 0 Å². The van der Waals surface area contributed by atoms with E-state index in [0.29, 0.717) is 0 Å². The van der Waals surface area contributed by atoms with Gasteiger partial charge in [0, 0.05) is 5.41 Å². The third kappa shape index (κ3) is 1.91. The van der Waals surface area contributed by atoms with Crippen LogP contribution >= 0.6 is 11.8 Å². The molecule has 0 aromatic rings. The van der Waals surface area contributed by atoms with Crippen LogP contribution in [0.5, 0.6) is 0 Å². The van der Waals surface area contributed by atoms with Crippen molar-refractivity contribution in [3.05, 3.63) is 22.0 Å². The maximum absolute atomic E-state index is 2.31. The third-order valence-electron chi connectivity index (χ3n) is 1.47. The topological polar surface area (TPSA) is 0 Å². The smallest absolute Gasteiger partial charge is 0.00262 e. The van der Waals surface area contributed by atoms with Crippen LogP contribution in [0.1, 0.15) is 27.7 Å². The molecule has 0 spiro atoms. The normalized spacial score (nSPS) is 23.6. The summed E-state index contributed by atoms with van der Waals surface area (Å²) in [7, 11) is 0. The average Bonchev–Trinajstić information content (AvgIpc) is 1.54. The van der Waals surface area contributed by atoms with Gasteiger partial charge in [0.05, 0.1) is 0 Å². The van der Waals surface area contributed by atoms with Crippen LogP contribution < -0.4 is 0 Å². The molecule has 0 radical (unpaired) electrons. The summed E-state index contributed by atoms with van der Waals surface area (Å²) in [5.74, 6) is 0. The Morgan fingerprint density at radius 2 is 1.50 bits per heavy atom. The predicted molar refractivity (Wildman–Crippen MR) is 48.9 cm³/mol. The molecular weight excluding hydrogens is 140 g/mol. The van der Waals surface area contributed by atoms with Gasteiger partial charge < -0.3 is 0 Å². The van der Waals surface area contributed by atoms with E-state index in [1.165, 1.54) is 9.81 Å². The predicted octanol–water partition coefficient (Wildman–Crippen LogP) is 3.57. The summed E-state index contributed by atoms with van der Waals surface area (Å²) in [5.41, 5.74) is 0.277. The highest BCUT2D eigenvalue weighted by molar-refractivity contribution is 8.06. The second-order valence-electron chi connectivity index (χ2n) is 3.43. The second-order valence-corrected chi connectivity index (χ2v) is 4.93. The monoisotopic (exact) mass is 154 g/mol. The van der Waals surface area contributed by atoms with E-state index >= 15 is 0 Å². The van der Waals surface area contributed by atoms with E-state index in [4.69, 9.17) is 0 Å². The van der Waals surface area contributed by atoms with Crippen molar-refractivity contribution >= 4 is 11.8 Å². The molecule has 0 amide bonds. The van der Waals surface area contributed by atoms with Crippen LogP contribution in [0.3, 0.4) is 0 Å².